The highest BCUT2D eigenvalue weighted by Crippen LogP contribution is 2.26. The van der Waals surface area contributed by atoms with E-state index < -0.39 is 10.8 Å². The molecule has 0 bridgehead atoms. The molecule has 1 fully saturated rings. The van der Waals surface area contributed by atoms with E-state index in [1.54, 1.807) is 0 Å². The van der Waals surface area contributed by atoms with Crippen LogP contribution in [-0.4, -0.2) is 22.8 Å². The fourth-order valence-corrected chi connectivity index (χ4v) is 4.75. The molecule has 2 atom stereocenters. The number of rotatable bonds is 7. The Bertz CT molecular complexity index is 423. The van der Waals surface area contributed by atoms with Crippen molar-refractivity contribution in [2.75, 3.05) is 18.6 Å². The minimum Gasteiger partial charge on any atom is -0.312 e. The maximum atomic E-state index is 12.3. The molecule has 20 heavy (non-hydrogen) atoms. The Morgan fingerprint density at radius 3 is 2.45 bits per heavy atom. The Labute approximate surface area is 125 Å². The van der Waals surface area contributed by atoms with Gasteiger partial charge in [0.1, 0.15) is 0 Å². The Balaban J connectivity index is 1.91. The summed E-state index contributed by atoms with van der Waals surface area (Å²) in [5.74, 6) is 2.33. The monoisotopic (exact) mass is 293 g/mol. The molecular weight excluding hydrogens is 266 g/mol. The maximum Gasteiger partial charge on any atom is 0.0434 e. The van der Waals surface area contributed by atoms with Crippen LogP contribution >= 0.6 is 0 Å². The quantitative estimate of drug-likeness (QED) is 0.834. The van der Waals surface area contributed by atoms with Crippen LogP contribution in [-0.2, 0) is 17.2 Å². The Morgan fingerprint density at radius 1 is 1.25 bits per heavy atom. The van der Waals surface area contributed by atoms with Gasteiger partial charge in [0.15, 0.2) is 0 Å². The van der Waals surface area contributed by atoms with E-state index in [1.807, 2.05) is 7.05 Å². The van der Waals surface area contributed by atoms with Gasteiger partial charge in [-0.1, -0.05) is 44.0 Å². The van der Waals surface area contributed by atoms with Crippen LogP contribution in [0.1, 0.15) is 49.8 Å². The second-order valence-electron chi connectivity index (χ2n) is 5.86. The van der Waals surface area contributed by atoms with Crippen molar-refractivity contribution in [1.82, 2.24) is 5.32 Å². The number of hydrogen-bond donors (Lipinski definition) is 1. The SMILES string of the molecule is CCc1ccc(C(CS(=O)CC2CCCC2)NC)cc1. The Kier molecular flexibility index (Phi) is 6.24. The van der Waals surface area contributed by atoms with Gasteiger partial charge in [-0.25, -0.2) is 0 Å². The Hall–Kier alpha value is -0.670. The minimum absolute atomic E-state index is 0.211. The maximum absolute atomic E-state index is 12.3. The molecule has 0 radical (unpaired) electrons. The van der Waals surface area contributed by atoms with E-state index >= 15 is 0 Å². The molecule has 3 heteroatoms. The van der Waals surface area contributed by atoms with Crippen molar-refractivity contribution >= 4 is 10.8 Å². The first kappa shape index (κ1) is 15.7. The molecule has 0 spiro atoms. The third kappa shape index (κ3) is 4.42. The van der Waals surface area contributed by atoms with Crippen LogP contribution in [0.4, 0.5) is 0 Å². The van der Waals surface area contributed by atoms with Crippen molar-refractivity contribution in [1.29, 1.82) is 0 Å². The molecule has 1 aliphatic rings. The first-order valence-electron chi connectivity index (χ1n) is 7.84. The molecule has 0 saturated heterocycles. The average molecular weight is 293 g/mol. The first-order valence-corrected chi connectivity index (χ1v) is 9.32. The van der Waals surface area contributed by atoms with Gasteiger partial charge in [-0.15, -0.1) is 0 Å². The van der Waals surface area contributed by atoms with Gasteiger partial charge in [0, 0.05) is 28.3 Å². The molecule has 2 nitrogen and oxygen atoms in total. The normalized spacial score (nSPS) is 19.1. The molecule has 1 N–H and O–H groups in total. The molecule has 1 aromatic carbocycles. The smallest absolute Gasteiger partial charge is 0.0434 e. The van der Waals surface area contributed by atoms with E-state index in [0.717, 1.165) is 17.9 Å². The van der Waals surface area contributed by atoms with Gasteiger partial charge in [0.25, 0.3) is 0 Å². The van der Waals surface area contributed by atoms with Crippen LogP contribution in [0.5, 0.6) is 0 Å². The zero-order valence-corrected chi connectivity index (χ0v) is 13.5. The zero-order valence-electron chi connectivity index (χ0n) is 12.7. The van der Waals surface area contributed by atoms with E-state index in [9.17, 15) is 4.21 Å². The average Bonchev–Trinajstić information content (AvgIpc) is 2.97. The molecular formula is C17H27NOS. The molecule has 0 aliphatic heterocycles. The van der Waals surface area contributed by atoms with E-state index in [0.29, 0.717) is 5.92 Å². The lowest BCUT2D eigenvalue weighted by Gasteiger charge is -2.18. The number of hydrogen-bond acceptors (Lipinski definition) is 2. The summed E-state index contributed by atoms with van der Waals surface area (Å²) in [6.45, 7) is 2.17. The molecule has 1 aromatic rings. The number of benzene rings is 1. The van der Waals surface area contributed by atoms with Crippen LogP contribution in [0.15, 0.2) is 24.3 Å². The lowest BCUT2D eigenvalue weighted by atomic mass is 10.1. The predicted molar refractivity (Wildman–Crippen MR) is 87.5 cm³/mol. The van der Waals surface area contributed by atoms with Gasteiger partial charge < -0.3 is 5.32 Å². The van der Waals surface area contributed by atoms with Crippen LogP contribution in [0.3, 0.4) is 0 Å². The molecule has 1 saturated carbocycles. The van der Waals surface area contributed by atoms with Gasteiger partial charge in [-0.2, -0.15) is 0 Å². The van der Waals surface area contributed by atoms with E-state index in [-0.39, 0.29) is 6.04 Å². The second kappa shape index (κ2) is 7.94. The van der Waals surface area contributed by atoms with Crippen molar-refractivity contribution in [2.45, 2.75) is 45.1 Å². The summed E-state index contributed by atoms with van der Waals surface area (Å²) in [5, 5.41) is 3.32. The van der Waals surface area contributed by atoms with E-state index in [4.69, 9.17) is 0 Å². The summed E-state index contributed by atoms with van der Waals surface area (Å²) in [7, 11) is 1.25. The lowest BCUT2D eigenvalue weighted by Crippen LogP contribution is -2.25. The molecule has 0 amide bonds. The highest BCUT2D eigenvalue weighted by atomic mass is 32.2. The number of aryl methyl sites for hydroxylation is 1. The third-order valence-electron chi connectivity index (χ3n) is 4.39. The van der Waals surface area contributed by atoms with Crippen molar-refractivity contribution in [2.24, 2.45) is 5.92 Å². The van der Waals surface area contributed by atoms with Crippen molar-refractivity contribution in [3.63, 3.8) is 0 Å². The summed E-state index contributed by atoms with van der Waals surface area (Å²) < 4.78 is 12.3. The van der Waals surface area contributed by atoms with Gasteiger partial charge in [0.05, 0.1) is 0 Å². The van der Waals surface area contributed by atoms with E-state index in [1.165, 1.54) is 36.8 Å². The topological polar surface area (TPSA) is 29.1 Å². The molecule has 1 aliphatic carbocycles. The molecule has 112 valence electrons. The molecule has 0 heterocycles. The summed E-state index contributed by atoms with van der Waals surface area (Å²) in [5.41, 5.74) is 2.61. The standard InChI is InChI=1S/C17H27NOS/c1-3-14-8-10-16(11-9-14)17(18-2)13-20(19)12-15-6-4-5-7-15/h8-11,15,17-18H,3-7,12-13H2,1-2H3. The highest BCUT2D eigenvalue weighted by Gasteiger charge is 2.20. The predicted octanol–water partition coefficient (Wildman–Crippen LogP) is 3.45. The summed E-state index contributed by atoms with van der Waals surface area (Å²) in [6, 6.07) is 8.92. The van der Waals surface area contributed by atoms with Crippen molar-refractivity contribution < 1.29 is 4.21 Å². The van der Waals surface area contributed by atoms with Crippen LogP contribution in [0.2, 0.25) is 0 Å². The molecule has 2 unspecified atom stereocenters. The first-order chi connectivity index (χ1) is 9.72. The Morgan fingerprint density at radius 2 is 1.90 bits per heavy atom. The fraction of sp³-hybridized carbons (Fsp3) is 0.647. The van der Waals surface area contributed by atoms with Crippen LogP contribution in [0, 0.1) is 5.92 Å². The second-order valence-corrected chi connectivity index (χ2v) is 7.41. The van der Waals surface area contributed by atoms with E-state index in [2.05, 4.69) is 36.5 Å². The summed E-state index contributed by atoms with van der Waals surface area (Å²) in [6.07, 6.45) is 6.28. The number of nitrogens with one attached hydrogen (secondary N) is 1. The van der Waals surface area contributed by atoms with Gasteiger partial charge in [-0.05, 0) is 43.4 Å². The fourth-order valence-electron chi connectivity index (χ4n) is 3.03. The molecule has 0 aromatic heterocycles. The van der Waals surface area contributed by atoms with Gasteiger partial charge in [-0.3, -0.25) is 4.21 Å². The molecule has 2 rings (SSSR count). The van der Waals surface area contributed by atoms with Crippen molar-refractivity contribution in [3.8, 4) is 0 Å². The van der Waals surface area contributed by atoms with Gasteiger partial charge in [0.2, 0.25) is 0 Å². The van der Waals surface area contributed by atoms with Crippen molar-refractivity contribution in [3.05, 3.63) is 35.4 Å². The van der Waals surface area contributed by atoms with Gasteiger partial charge >= 0.3 is 0 Å². The largest absolute Gasteiger partial charge is 0.312 e. The van der Waals surface area contributed by atoms with Crippen LogP contribution < -0.4 is 5.32 Å². The summed E-state index contributed by atoms with van der Waals surface area (Å²) in [4.78, 5) is 0. The third-order valence-corrected chi connectivity index (χ3v) is 5.94. The highest BCUT2D eigenvalue weighted by molar-refractivity contribution is 7.85. The minimum atomic E-state index is -0.710. The lowest BCUT2D eigenvalue weighted by molar-refractivity contribution is 0.594. The summed E-state index contributed by atoms with van der Waals surface area (Å²) >= 11 is 0. The van der Waals surface area contributed by atoms with Crippen LogP contribution in [0.25, 0.3) is 0 Å². The zero-order chi connectivity index (χ0) is 14.4.